The zero-order chi connectivity index (χ0) is 12.2. The molecule has 1 N–H and O–H groups in total. The molecule has 1 saturated carbocycles. The van der Waals surface area contributed by atoms with Crippen LogP contribution in [0.1, 0.15) is 51.4 Å². The molecule has 18 heavy (non-hydrogen) atoms. The van der Waals surface area contributed by atoms with Crippen LogP contribution in [0.15, 0.2) is 12.2 Å². The molecule has 0 amide bonds. The molecule has 0 bridgehead atoms. The molecule has 2 aliphatic carbocycles. The number of nitrogens with zero attached hydrogens (tertiary/aromatic N) is 1. The number of rotatable bonds is 2. The van der Waals surface area contributed by atoms with Gasteiger partial charge in [-0.15, -0.1) is 0 Å². The minimum Gasteiger partial charge on any atom is -0.312 e. The Morgan fingerprint density at radius 1 is 0.944 bits per heavy atom. The second-order valence-corrected chi connectivity index (χ2v) is 6.40. The molecular weight excluding hydrogens is 220 g/mol. The molecule has 0 aromatic carbocycles. The van der Waals surface area contributed by atoms with Crippen LogP contribution in [-0.2, 0) is 0 Å². The Morgan fingerprint density at radius 2 is 1.72 bits per heavy atom. The van der Waals surface area contributed by atoms with E-state index in [1.165, 1.54) is 71.0 Å². The summed E-state index contributed by atoms with van der Waals surface area (Å²) in [5.41, 5.74) is 0. The van der Waals surface area contributed by atoms with Gasteiger partial charge >= 0.3 is 0 Å². The molecule has 1 atom stereocenters. The van der Waals surface area contributed by atoms with Crippen molar-refractivity contribution in [1.82, 2.24) is 10.2 Å². The number of hydrogen-bond donors (Lipinski definition) is 1. The summed E-state index contributed by atoms with van der Waals surface area (Å²) in [4.78, 5) is 2.78. The molecule has 0 radical (unpaired) electrons. The van der Waals surface area contributed by atoms with Gasteiger partial charge in [-0.3, -0.25) is 4.90 Å². The second-order valence-electron chi connectivity index (χ2n) is 6.40. The van der Waals surface area contributed by atoms with Gasteiger partial charge in [-0.2, -0.15) is 0 Å². The summed E-state index contributed by atoms with van der Waals surface area (Å²) in [5.74, 6) is 0.953. The maximum Gasteiger partial charge on any atom is 0.0223 e. The van der Waals surface area contributed by atoms with Gasteiger partial charge in [0.1, 0.15) is 0 Å². The summed E-state index contributed by atoms with van der Waals surface area (Å²) >= 11 is 0. The van der Waals surface area contributed by atoms with E-state index in [9.17, 15) is 0 Å². The van der Waals surface area contributed by atoms with Crippen molar-refractivity contribution in [3.05, 3.63) is 12.2 Å². The summed E-state index contributed by atoms with van der Waals surface area (Å²) in [7, 11) is 0. The van der Waals surface area contributed by atoms with Crippen molar-refractivity contribution in [3.8, 4) is 0 Å². The quantitative estimate of drug-likeness (QED) is 0.756. The highest BCUT2D eigenvalue weighted by molar-refractivity contribution is 5.00. The second kappa shape index (κ2) is 6.21. The molecule has 0 spiro atoms. The Hall–Kier alpha value is -0.340. The monoisotopic (exact) mass is 248 g/mol. The van der Waals surface area contributed by atoms with E-state index in [2.05, 4.69) is 22.4 Å². The van der Waals surface area contributed by atoms with Crippen molar-refractivity contribution in [3.63, 3.8) is 0 Å². The molecule has 0 aromatic heterocycles. The van der Waals surface area contributed by atoms with E-state index >= 15 is 0 Å². The van der Waals surface area contributed by atoms with Gasteiger partial charge in [-0.25, -0.2) is 0 Å². The van der Waals surface area contributed by atoms with Crippen LogP contribution >= 0.6 is 0 Å². The fraction of sp³-hybridized carbons (Fsp3) is 0.875. The molecular formula is C16H28N2. The van der Waals surface area contributed by atoms with Crippen LogP contribution in [0.4, 0.5) is 0 Å². The highest BCUT2D eigenvalue weighted by Crippen LogP contribution is 2.29. The standard InChI is InChI=1S/C16H28N2/c1-2-7-14(8-3-1)16-13-18(12-6-11-17-16)15-9-4-5-10-15/h4-5,14-17H,1-3,6-13H2. The fourth-order valence-corrected chi connectivity index (χ4v) is 4.06. The third kappa shape index (κ3) is 2.97. The van der Waals surface area contributed by atoms with E-state index in [0.717, 1.165) is 18.0 Å². The zero-order valence-corrected chi connectivity index (χ0v) is 11.6. The molecule has 2 fully saturated rings. The van der Waals surface area contributed by atoms with Crippen molar-refractivity contribution < 1.29 is 0 Å². The summed E-state index contributed by atoms with van der Waals surface area (Å²) in [6.45, 7) is 3.84. The van der Waals surface area contributed by atoms with Gasteiger partial charge in [0.2, 0.25) is 0 Å². The van der Waals surface area contributed by atoms with E-state index in [4.69, 9.17) is 0 Å². The van der Waals surface area contributed by atoms with Crippen molar-refractivity contribution in [2.45, 2.75) is 63.5 Å². The molecule has 1 unspecified atom stereocenters. The topological polar surface area (TPSA) is 15.3 Å². The van der Waals surface area contributed by atoms with Crippen molar-refractivity contribution in [2.75, 3.05) is 19.6 Å². The largest absolute Gasteiger partial charge is 0.312 e. The van der Waals surface area contributed by atoms with Crippen LogP contribution in [0.2, 0.25) is 0 Å². The van der Waals surface area contributed by atoms with Crippen LogP contribution in [-0.4, -0.2) is 36.6 Å². The SMILES string of the molecule is C1=CCC(N2CCCNC(C3CCCCC3)C2)C1. The molecule has 2 nitrogen and oxygen atoms in total. The lowest BCUT2D eigenvalue weighted by molar-refractivity contribution is 0.166. The first kappa shape index (κ1) is 12.7. The Labute approximate surface area is 112 Å². The predicted octanol–water partition coefficient (Wildman–Crippen LogP) is 2.95. The molecule has 0 aromatic rings. The average Bonchev–Trinajstić information content (AvgIpc) is 2.85. The first-order valence-corrected chi connectivity index (χ1v) is 8.06. The third-order valence-electron chi connectivity index (χ3n) is 5.18. The highest BCUT2D eigenvalue weighted by atomic mass is 15.2. The van der Waals surface area contributed by atoms with Crippen molar-refractivity contribution in [1.29, 1.82) is 0 Å². The number of nitrogens with one attached hydrogen (secondary N) is 1. The van der Waals surface area contributed by atoms with Crippen LogP contribution in [0.5, 0.6) is 0 Å². The fourth-order valence-electron chi connectivity index (χ4n) is 4.06. The minimum absolute atomic E-state index is 0.772. The lowest BCUT2D eigenvalue weighted by Gasteiger charge is -2.35. The Kier molecular flexibility index (Phi) is 4.37. The van der Waals surface area contributed by atoms with Crippen LogP contribution < -0.4 is 5.32 Å². The Balaban J connectivity index is 1.59. The zero-order valence-electron chi connectivity index (χ0n) is 11.6. The predicted molar refractivity (Wildman–Crippen MR) is 76.7 cm³/mol. The van der Waals surface area contributed by atoms with Crippen LogP contribution in [0, 0.1) is 5.92 Å². The first-order valence-electron chi connectivity index (χ1n) is 8.06. The van der Waals surface area contributed by atoms with Gasteiger partial charge in [0.25, 0.3) is 0 Å². The lowest BCUT2D eigenvalue weighted by Crippen LogP contribution is -2.46. The summed E-state index contributed by atoms with van der Waals surface area (Å²) in [5, 5.41) is 3.84. The average molecular weight is 248 g/mol. The third-order valence-corrected chi connectivity index (χ3v) is 5.18. The summed E-state index contributed by atoms with van der Waals surface area (Å²) < 4.78 is 0. The van der Waals surface area contributed by atoms with Crippen molar-refractivity contribution in [2.24, 2.45) is 5.92 Å². The maximum absolute atomic E-state index is 3.84. The first-order chi connectivity index (χ1) is 8.93. The van der Waals surface area contributed by atoms with E-state index in [0.29, 0.717) is 0 Å². The maximum atomic E-state index is 3.84. The molecule has 2 heteroatoms. The van der Waals surface area contributed by atoms with Crippen molar-refractivity contribution >= 4 is 0 Å². The highest BCUT2D eigenvalue weighted by Gasteiger charge is 2.29. The molecule has 1 heterocycles. The smallest absolute Gasteiger partial charge is 0.0223 e. The molecule has 3 aliphatic rings. The van der Waals surface area contributed by atoms with E-state index < -0.39 is 0 Å². The molecule has 102 valence electrons. The van der Waals surface area contributed by atoms with Gasteiger partial charge in [0.15, 0.2) is 0 Å². The van der Waals surface area contributed by atoms with Crippen LogP contribution in [0.25, 0.3) is 0 Å². The lowest BCUT2D eigenvalue weighted by atomic mass is 9.83. The van der Waals surface area contributed by atoms with Gasteiger partial charge in [0, 0.05) is 18.6 Å². The summed E-state index contributed by atoms with van der Waals surface area (Å²) in [6.07, 6.45) is 16.0. The van der Waals surface area contributed by atoms with E-state index in [1.807, 2.05) is 0 Å². The molecule has 3 rings (SSSR count). The van der Waals surface area contributed by atoms with E-state index in [-0.39, 0.29) is 0 Å². The summed E-state index contributed by atoms with van der Waals surface area (Å²) in [6, 6.07) is 1.59. The molecule has 1 aliphatic heterocycles. The Morgan fingerprint density at radius 3 is 2.50 bits per heavy atom. The van der Waals surface area contributed by atoms with Gasteiger partial charge in [0.05, 0.1) is 0 Å². The van der Waals surface area contributed by atoms with Gasteiger partial charge in [-0.1, -0.05) is 31.4 Å². The number of hydrogen-bond acceptors (Lipinski definition) is 2. The van der Waals surface area contributed by atoms with Crippen LogP contribution in [0.3, 0.4) is 0 Å². The molecule has 1 saturated heterocycles. The Bertz CT molecular complexity index is 273. The van der Waals surface area contributed by atoms with E-state index in [1.54, 1.807) is 0 Å². The minimum atomic E-state index is 0.772. The normalized spacial score (nSPS) is 32.8. The van der Waals surface area contributed by atoms with Gasteiger partial charge < -0.3 is 5.32 Å². The van der Waals surface area contributed by atoms with Gasteiger partial charge in [-0.05, 0) is 51.1 Å².